The Hall–Kier alpha value is -1.56. The van der Waals surface area contributed by atoms with Gasteiger partial charge in [-0.3, -0.25) is 5.10 Å². The standard InChI is InChI=1S/C15H26N4O2/c1-11-8-13(18-17-11)9-16-12-6-5-7-19(10-12)14(20)21-15(2,3)4/h8,12,16H,5-7,9-10H2,1-4H3,(H,17,18). The van der Waals surface area contributed by atoms with E-state index in [0.29, 0.717) is 12.6 Å². The van der Waals surface area contributed by atoms with Crippen molar-refractivity contribution in [3.05, 3.63) is 17.5 Å². The SMILES string of the molecule is Cc1cc(CNC2CCCN(C(=O)OC(C)(C)C)C2)n[nH]1. The van der Waals surface area contributed by atoms with Crippen LogP contribution in [-0.4, -0.2) is 45.9 Å². The molecule has 0 aromatic carbocycles. The lowest BCUT2D eigenvalue weighted by molar-refractivity contribution is 0.0187. The molecule has 1 saturated heterocycles. The van der Waals surface area contributed by atoms with E-state index in [1.54, 1.807) is 4.90 Å². The predicted molar refractivity (Wildman–Crippen MR) is 81.0 cm³/mol. The Morgan fingerprint density at radius 3 is 2.95 bits per heavy atom. The van der Waals surface area contributed by atoms with Gasteiger partial charge in [0, 0.05) is 31.4 Å². The first-order valence-electron chi connectivity index (χ1n) is 7.56. The number of ether oxygens (including phenoxy) is 1. The highest BCUT2D eigenvalue weighted by Gasteiger charge is 2.27. The molecule has 1 aliphatic rings. The third-order valence-corrected chi connectivity index (χ3v) is 3.40. The number of aromatic nitrogens is 2. The summed E-state index contributed by atoms with van der Waals surface area (Å²) in [6.07, 6.45) is 1.85. The molecule has 1 unspecified atom stereocenters. The second-order valence-corrected chi connectivity index (χ2v) is 6.69. The minimum absolute atomic E-state index is 0.218. The molecule has 1 aliphatic heterocycles. The number of rotatable bonds is 3. The molecule has 2 rings (SSSR count). The van der Waals surface area contributed by atoms with Gasteiger partial charge in [-0.05, 0) is 46.6 Å². The van der Waals surface area contributed by atoms with Gasteiger partial charge in [0.15, 0.2) is 0 Å². The minimum Gasteiger partial charge on any atom is -0.444 e. The molecular weight excluding hydrogens is 268 g/mol. The van der Waals surface area contributed by atoms with Crippen molar-refractivity contribution in [2.24, 2.45) is 0 Å². The van der Waals surface area contributed by atoms with Gasteiger partial charge in [-0.2, -0.15) is 5.10 Å². The van der Waals surface area contributed by atoms with Gasteiger partial charge in [0.1, 0.15) is 5.60 Å². The zero-order valence-corrected chi connectivity index (χ0v) is 13.4. The molecule has 2 heterocycles. The van der Waals surface area contributed by atoms with Gasteiger partial charge in [-0.1, -0.05) is 0 Å². The highest BCUT2D eigenvalue weighted by Crippen LogP contribution is 2.15. The molecule has 0 radical (unpaired) electrons. The summed E-state index contributed by atoms with van der Waals surface area (Å²) < 4.78 is 5.43. The van der Waals surface area contributed by atoms with E-state index < -0.39 is 5.60 Å². The van der Waals surface area contributed by atoms with Crippen molar-refractivity contribution >= 4 is 6.09 Å². The first kappa shape index (κ1) is 15.8. The number of amides is 1. The zero-order chi connectivity index (χ0) is 15.5. The molecular formula is C15H26N4O2. The van der Waals surface area contributed by atoms with Crippen LogP contribution in [0.4, 0.5) is 4.79 Å². The Morgan fingerprint density at radius 1 is 1.57 bits per heavy atom. The van der Waals surface area contributed by atoms with E-state index in [4.69, 9.17) is 4.74 Å². The van der Waals surface area contributed by atoms with Crippen LogP contribution < -0.4 is 5.32 Å². The number of nitrogens with one attached hydrogen (secondary N) is 2. The zero-order valence-electron chi connectivity index (χ0n) is 13.4. The monoisotopic (exact) mass is 294 g/mol. The lowest BCUT2D eigenvalue weighted by Crippen LogP contribution is -2.49. The molecule has 0 spiro atoms. The largest absolute Gasteiger partial charge is 0.444 e. The van der Waals surface area contributed by atoms with E-state index in [-0.39, 0.29) is 6.09 Å². The third kappa shape index (κ3) is 5.04. The number of carbonyl (C=O) groups is 1. The topological polar surface area (TPSA) is 70.2 Å². The summed E-state index contributed by atoms with van der Waals surface area (Å²) >= 11 is 0. The van der Waals surface area contributed by atoms with Crippen molar-refractivity contribution in [2.75, 3.05) is 13.1 Å². The second kappa shape index (κ2) is 6.47. The average molecular weight is 294 g/mol. The van der Waals surface area contributed by atoms with E-state index in [2.05, 4.69) is 15.5 Å². The summed E-state index contributed by atoms with van der Waals surface area (Å²) in [5.74, 6) is 0. The molecule has 6 nitrogen and oxygen atoms in total. The Kier molecular flexibility index (Phi) is 4.88. The minimum atomic E-state index is -0.440. The second-order valence-electron chi connectivity index (χ2n) is 6.69. The van der Waals surface area contributed by atoms with E-state index in [1.807, 2.05) is 33.8 Å². The Labute approximate surface area is 126 Å². The molecule has 2 N–H and O–H groups in total. The first-order valence-corrected chi connectivity index (χ1v) is 7.56. The molecule has 1 atom stereocenters. The Morgan fingerprint density at radius 2 is 2.33 bits per heavy atom. The van der Waals surface area contributed by atoms with Crippen LogP contribution in [0, 0.1) is 6.92 Å². The summed E-state index contributed by atoms with van der Waals surface area (Å²) in [6.45, 7) is 9.85. The predicted octanol–water partition coefficient (Wildman–Crippen LogP) is 2.21. The number of hydrogen-bond donors (Lipinski definition) is 2. The molecule has 1 fully saturated rings. The summed E-state index contributed by atoms with van der Waals surface area (Å²) in [5, 5.41) is 10.6. The van der Waals surface area contributed by atoms with Gasteiger partial charge in [0.05, 0.1) is 5.69 Å². The number of likely N-dealkylation sites (tertiary alicyclic amines) is 1. The van der Waals surface area contributed by atoms with Gasteiger partial charge in [0.2, 0.25) is 0 Å². The maximum absolute atomic E-state index is 12.1. The lowest BCUT2D eigenvalue weighted by atomic mass is 10.1. The fourth-order valence-electron chi connectivity index (χ4n) is 2.45. The van der Waals surface area contributed by atoms with E-state index >= 15 is 0 Å². The van der Waals surface area contributed by atoms with Crippen molar-refractivity contribution in [3.8, 4) is 0 Å². The third-order valence-electron chi connectivity index (χ3n) is 3.40. The van der Waals surface area contributed by atoms with Crippen LogP contribution in [0.3, 0.4) is 0 Å². The van der Waals surface area contributed by atoms with Gasteiger partial charge in [-0.15, -0.1) is 0 Å². The fraction of sp³-hybridized carbons (Fsp3) is 0.733. The number of carbonyl (C=O) groups excluding carboxylic acids is 1. The van der Waals surface area contributed by atoms with Crippen molar-refractivity contribution in [2.45, 2.75) is 58.7 Å². The maximum Gasteiger partial charge on any atom is 0.410 e. The normalized spacial score (nSPS) is 19.6. The van der Waals surface area contributed by atoms with Crippen LogP contribution in [0.15, 0.2) is 6.07 Å². The maximum atomic E-state index is 12.1. The summed E-state index contributed by atoms with van der Waals surface area (Å²) in [4.78, 5) is 13.9. The molecule has 0 saturated carbocycles. The number of H-pyrrole nitrogens is 1. The Balaban J connectivity index is 1.81. The average Bonchev–Trinajstić information content (AvgIpc) is 2.81. The molecule has 1 amide bonds. The van der Waals surface area contributed by atoms with E-state index in [0.717, 1.165) is 37.3 Å². The number of nitrogens with zero attached hydrogens (tertiary/aromatic N) is 2. The van der Waals surface area contributed by atoms with Crippen LogP contribution in [0.25, 0.3) is 0 Å². The molecule has 21 heavy (non-hydrogen) atoms. The summed E-state index contributed by atoms with van der Waals surface area (Å²) in [5.41, 5.74) is 1.62. The lowest BCUT2D eigenvalue weighted by Gasteiger charge is -2.34. The molecule has 0 bridgehead atoms. The van der Waals surface area contributed by atoms with Gasteiger partial charge < -0.3 is 15.0 Å². The summed E-state index contributed by atoms with van der Waals surface area (Å²) in [7, 11) is 0. The van der Waals surface area contributed by atoms with Crippen molar-refractivity contribution in [1.29, 1.82) is 0 Å². The fourth-order valence-corrected chi connectivity index (χ4v) is 2.45. The Bertz CT molecular complexity index is 478. The molecule has 1 aromatic rings. The van der Waals surface area contributed by atoms with Gasteiger partial charge >= 0.3 is 6.09 Å². The molecule has 6 heteroatoms. The highest BCUT2D eigenvalue weighted by atomic mass is 16.6. The van der Waals surface area contributed by atoms with Crippen molar-refractivity contribution in [1.82, 2.24) is 20.4 Å². The smallest absolute Gasteiger partial charge is 0.410 e. The number of piperidine rings is 1. The van der Waals surface area contributed by atoms with Crippen LogP contribution in [0.5, 0.6) is 0 Å². The number of aryl methyl sites for hydroxylation is 1. The molecule has 0 aliphatic carbocycles. The summed E-state index contributed by atoms with van der Waals surface area (Å²) in [6, 6.07) is 2.32. The van der Waals surface area contributed by atoms with Crippen LogP contribution in [-0.2, 0) is 11.3 Å². The number of aromatic amines is 1. The van der Waals surface area contributed by atoms with E-state index in [9.17, 15) is 4.79 Å². The quantitative estimate of drug-likeness (QED) is 0.896. The van der Waals surface area contributed by atoms with E-state index in [1.165, 1.54) is 0 Å². The molecule has 1 aromatic heterocycles. The van der Waals surface area contributed by atoms with Gasteiger partial charge in [0.25, 0.3) is 0 Å². The van der Waals surface area contributed by atoms with Crippen molar-refractivity contribution in [3.63, 3.8) is 0 Å². The van der Waals surface area contributed by atoms with Crippen LogP contribution in [0.1, 0.15) is 45.0 Å². The first-order chi connectivity index (χ1) is 9.83. The highest BCUT2D eigenvalue weighted by molar-refractivity contribution is 5.68. The number of hydrogen-bond acceptors (Lipinski definition) is 4. The van der Waals surface area contributed by atoms with Crippen LogP contribution in [0.2, 0.25) is 0 Å². The van der Waals surface area contributed by atoms with Gasteiger partial charge in [-0.25, -0.2) is 4.79 Å². The van der Waals surface area contributed by atoms with Crippen molar-refractivity contribution < 1.29 is 9.53 Å². The van der Waals surface area contributed by atoms with Crippen LogP contribution >= 0.6 is 0 Å². The molecule has 118 valence electrons.